The van der Waals surface area contributed by atoms with Gasteiger partial charge in [0.25, 0.3) is 0 Å². The van der Waals surface area contributed by atoms with E-state index in [0.717, 1.165) is 11.4 Å². The van der Waals surface area contributed by atoms with Crippen molar-refractivity contribution in [3.8, 4) is 0 Å². The number of aromatic nitrogens is 4. The summed E-state index contributed by atoms with van der Waals surface area (Å²) in [6.45, 7) is 5.88. The van der Waals surface area contributed by atoms with Crippen LogP contribution in [0.15, 0.2) is 15.6 Å². The highest BCUT2D eigenvalue weighted by Gasteiger charge is 2.15. The second-order valence-electron chi connectivity index (χ2n) is 3.63. The maximum Gasteiger partial charge on any atom is 0.369 e. The van der Waals surface area contributed by atoms with Gasteiger partial charge in [0.15, 0.2) is 9.50 Å². The number of aryl methyl sites for hydroxylation is 2. The zero-order valence-electron chi connectivity index (χ0n) is 10.7. The summed E-state index contributed by atoms with van der Waals surface area (Å²) in [6, 6.07) is 1.90. The van der Waals surface area contributed by atoms with Crippen LogP contribution in [0.3, 0.4) is 0 Å². The van der Waals surface area contributed by atoms with Crippen LogP contribution >= 0.6 is 23.1 Å². The van der Waals surface area contributed by atoms with E-state index in [1.54, 1.807) is 6.92 Å². The van der Waals surface area contributed by atoms with Gasteiger partial charge < -0.3 is 4.74 Å². The molecule has 0 radical (unpaired) electrons. The van der Waals surface area contributed by atoms with E-state index in [1.807, 2.05) is 19.9 Å². The largest absolute Gasteiger partial charge is 0.461 e. The Balaban J connectivity index is 2.13. The predicted molar refractivity (Wildman–Crippen MR) is 71.5 cm³/mol. The molecule has 0 saturated carbocycles. The molecule has 100 valence electrons. The van der Waals surface area contributed by atoms with Gasteiger partial charge in [0.1, 0.15) is 0 Å². The van der Waals surface area contributed by atoms with Crippen molar-refractivity contribution < 1.29 is 9.53 Å². The smallest absolute Gasteiger partial charge is 0.369 e. The topological polar surface area (TPSA) is 77.9 Å². The lowest BCUT2D eigenvalue weighted by atomic mass is 10.4. The monoisotopic (exact) mass is 296 g/mol. The van der Waals surface area contributed by atoms with E-state index in [1.165, 1.54) is 23.1 Å². The van der Waals surface area contributed by atoms with Crippen LogP contribution in [0.4, 0.5) is 0 Å². The van der Waals surface area contributed by atoms with E-state index in [0.29, 0.717) is 16.1 Å². The number of ether oxygens (including phenoxy) is 1. The Morgan fingerprint density at radius 3 is 2.63 bits per heavy atom. The number of nitrogens with zero attached hydrogens (tertiary/aromatic N) is 4. The lowest BCUT2D eigenvalue weighted by Gasteiger charge is -1.99. The molecule has 0 amide bonds. The molecule has 2 aromatic rings. The number of carbonyl (C=O) groups excluding carboxylic acids is 1. The van der Waals surface area contributed by atoms with Crippen LogP contribution in [0.2, 0.25) is 0 Å². The lowest BCUT2D eigenvalue weighted by Crippen LogP contribution is -2.03. The molecule has 2 rings (SSSR count). The quantitative estimate of drug-likeness (QED) is 0.632. The molecule has 8 heteroatoms. The fourth-order valence-electron chi connectivity index (χ4n) is 1.34. The van der Waals surface area contributed by atoms with E-state index in [2.05, 4.69) is 20.2 Å². The third kappa shape index (κ3) is 3.71. The number of hydrogen-bond acceptors (Lipinski definition) is 8. The van der Waals surface area contributed by atoms with Crippen molar-refractivity contribution in [1.29, 1.82) is 0 Å². The van der Waals surface area contributed by atoms with Gasteiger partial charge in [-0.2, -0.15) is 0 Å². The molecular weight excluding hydrogens is 284 g/mol. The molecule has 0 spiro atoms. The molecule has 2 heterocycles. The second kappa shape index (κ2) is 6.07. The van der Waals surface area contributed by atoms with Crippen LogP contribution in [0.25, 0.3) is 0 Å². The second-order valence-corrected chi connectivity index (χ2v) is 5.82. The fourth-order valence-corrected chi connectivity index (χ4v) is 3.06. The van der Waals surface area contributed by atoms with Crippen molar-refractivity contribution in [2.75, 3.05) is 6.61 Å². The molecule has 0 aliphatic heterocycles. The van der Waals surface area contributed by atoms with E-state index in [9.17, 15) is 4.79 Å². The summed E-state index contributed by atoms with van der Waals surface area (Å²) in [5.41, 5.74) is 1.79. The van der Waals surface area contributed by atoms with Crippen molar-refractivity contribution in [2.24, 2.45) is 0 Å². The molecule has 0 N–H and O–H groups in total. The Kier molecular flexibility index (Phi) is 4.43. The van der Waals surface area contributed by atoms with Crippen molar-refractivity contribution in [1.82, 2.24) is 20.2 Å². The third-order valence-corrected chi connectivity index (χ3v) is 3.82. The molecule has 2 aromatic heterocycles. The summed E-state index contributed by atoms with van der Waals surface area (Å²) in [4.78, 5) is 20.1. The molecule has 6 nitrogen and oxygen atoms in total. The van der Waals surface area contributed by atoms with Gasteiger partial charge >= 0.3 is 5.97 Å². The van der Waals surface area contributed by atoms with Gasteiger partial charge in [0, 0.05) is 11.4 Å². The molecule has 0 aliphatic rings. The highest BCUT2D eigenvalue weighted by atomic mass is 32.2. The van der Waals surface area contributed by atoms with Gasteiger partial charge in [0.05, 0.1) is 6.61 Å². The number of esters is 1. The molecule has 0 saturated heterocycles. The molecule has 0 unspecified atom stereocenters. The third-order valence-electron chi connectivity index (χ3n) is 2.00. The van der Waals surface area contributed by atoms with E-state index >= 15 is 0 Å². The minimum Gasteiger partial charge on any atom is -0.461 e. The normalized spacial score (nSPS) is 10.5. The number of rotatable bonds is 4. The molecular formula is C11H12N4O2S2. The lowest BCUT2D eigenvalue weighted by molar-refractivity contribution is 0.0525. The summed E-state index contributed by atoms with van der Waals surface area (Å²) in [5, 5.41) is 8.56. The molecule has 0 aromatic carbocycles. The zero-order chi connectivity index (χ0) is 13.8. The first-order valence-corrected chi connectivity index (χ1v) is 7.22. The minimum absolute atomic E-state index is 0.244. The fraction of sp³-hybridized carbons (Fsp3) is 0.364. The Bertz CT molecular complexity index is 580. The van der Waals surface area contributed by atoms with Gasteiger partial charge in [-0.05, 0) is 38.6 Å². The number of hydrogen-bond donors (Lipinski definition) is 0. The highest BCUT2D eigenvalue weighted by molar-refractivity contribution is 8.00. The van der Waals surface area contributed by atoms with Crippen LogP contribution in [0.1, 0.15) is 28.1 Å². The van der Waals surface area contributed by atoms with Gasteiger partial charge in [-0.15, -0.1) is 10.2 Å². The van der Waals surface area contributed by atoms with E-state index in [4.69, 9.17) is 4.74 Å². The van der Waals surface area contributed by atoms with E-state index < -0.39 is 5.97 Å². The predicted octanol–water partition coefficient (Wildman–Crippen LogP) is 2.27. The average Bonchev–Trinajstić information content (AvgIpc) is 2.76. The van der Waals surface area contributed by atoms with Crippen molar-refractivity contribution in [3.63, 3.8) is 0 Å². The Morgan fingerprint density at radius 2 is 2.00 bits per heavy atom. The van der Waals surface area contributed by atoms with Crippen molar-refractivity contribution >= 4 is 29.1 Å². The summed E-state index contributed by atoms with van der Waals surface area (Å²) < 4.78 is 5.48. The maximum atomic E-state index is 11.5. The van der Waals surface area contributed by atoms with Crippen LogP contribution in [0.5, 0.6) is 0 Å². The van der Waals surface area contributed by atoms with Crippen LogP contribution in [-0.2, 0) is 4.74 Å². The zero-order valence-corrected chi connectivity index (χ0v) is 12.3. The van der Waals surface area contributed by atoms with Gasteiger partial charge in [-0.3, -0.25) is 0 Å². The molecule has 19 heavy (non-hydrogen) atoms. The summed E-state index contributed by atoms with van der Waals surface area (Å²) in [7, 11) is 0. The van der Waals surface area contributed by atoms with E-state index in [-0.39, 0.29) is 5.01 Å². The molecule has 0 atom stereocenters. The van der Waals surface area contributed by atoms with Crippen LogP contribution in [-0.4, -0.2) is 32.7 Å². The maximum absolute atomic E-state index is 11.5. The standard InChI is InChI=1S/C11H12N4O2S2/c1-4-17-9(16)8-14-15-11(18-8)19-10-12-6(2)5-7(3)13-10/h5H,4H2,1-3H3. The van der Waals surface area contributed by atoms with Crippen molar-refractivity contribution in [2.45, 2.75) is 30.3 Å². The van der Waals surface area contributed by atoms with Crippen LogP contribution in [0, 0.1) is 13.8 Å². The van der Waals surface area contributed by atoms with Gasteiger partial charge in [-0.1, -0.05) is 11.3 Å². The Labute approximate surface area is 118 Å². The first-order chi connectivity index (χ1) is 9.08. The molecule has 0 bridgehead atoms. The summed E-state index contributed by atoms with van der Waals surface area (Å²) in [6.07, 6.45) is 0. The van der Waals surface area contributed by atoms with Gasteiger partial charge in [-0.25, -0.2) is 14.8 Å². The Hall–Kier alpha value is -1.54. The highest BCUT2D eigenvalue weighted by Crippen LogP contribution is 2.28. The van der Waals surface area contributed by atoms with Gasteiger partial charge in [0.2, 0.25) is 5.01 Å². The minimum atomic E-state index is -0.451. The first kappa shape index (κ1) is 13.9. The SMILES string of the molecule is CCOC(=O)c1nnc(Sc2nc(C)cc(C)n2)s1. The first-order valence-electron chi connectivity index (χ1n) is 5.59. The molecule has 0 fully saturated rings. The van der Waals surface area contributed by atoms with Crippen LogP contribution < -0.4 is 0 Å². The summed E-state index contributed by atoms with van der Waals surface area (Å²) in [5.74, 6) is -0.451. The Morgan fingerprint density at radius 1 is 1.32 bits per heavy atom. The average molecular weight is 296 g/mol. The number of carbonyl (C=O) groups is 1. The summed E-state index contributed by atoms with van der Waals surface area (Å²) >= 11 is 2.46. The molecule has 0 aliphatic carbocycles. The van der Waals surface area contributed by atoms with Crippen molar-refractivity contribution in [3.05, 3.63) is 22.5 Å².